The minimum absolute atomic E-state index is 0.256. The molecule has 0 aromatic heterocycles. The van der Waals surface area contributed by atoms with Gasteiger partial charge in [0.05, 0.1) is 18.1 Å². The molecule has 0 radical (unpaired) electrons. The van der Waals surface area contributed by atoms with Gasteiger partial charge in [0.2, 0.25) is 0 Å². The lowest BCUT2D eigenvalue weighted by molar-refractivity contribution is -0.133. The summed E-state index contributed by atoms with van der Waals surface area (Å²) < 4.78 is 11.4. The van der Waals surface area contributed by atoms with Gasteiger partial charge in [-0.25, -0.2) is 0 Å². The molecule has 2 aromatic carbocycles. The maximum Gasteiger partial charge on any atom is 0.315 e. The van der Waals surface area contributed by atoms with Crippen LogP contribution in [0.1, 0.15) is 21.3 Å². The third kappa shape index (κ3) is 4.08. The summed E-state index contributed by atoms with van der Waals surface area (Å²) >= 11 is 3.87. The first-order valence-corrected chi connectivity index (χ1v) is 9.93. The highest BCUT2D eigenvalue weighted by molar-refractivity contribution is 8.19. The summed E-state index contributed by atoms with van der Waals surface area (Å²) in [6, 6.07) is 13.7. The van der Waals surface area contributed by atoms with E-state index in [2.05, 4.69) is 0 Å². The molecule has 0 unspecified atom stereocenters. The zero-order chi connectivity index (χ0) is 16.9. The lowest BCUT2D eigenvalue weighted by Gasteiger charge is -2.14. The van der Waals surface area contributed by atoms with Gasteiger partial charge in [0.15, 0.2) is 11.5 Å². The Balaban J connectivity index is 1.72. The Bertz CT molecular complexity index is 724. The normalized spacial score (nSPS) is 14.6. The van der Waals surface area contributed by atoms with E-state index in [0.29, 0.717) is 16.1 Å². The number of esters is 1. The topological polar surface area (TPSA) is 35.5 Å². The van der Waals surface area contributed by atoms with Gasteiger partial charge in [-0.05, 0) is 35.7 Å². The average Bonchev–Trinajstić information content (AvgIpc) is 3.12. The van der Waals surface area contributed by atoms with Crippen LogP contribution in [0.15, 0.2) is 42.5 Å². The monoisotopic (exact) mass is 360 g/mol. The van der Waals surface area contributed by atoms with Crippen LogP contribution in [0.4, 0.5) is 0 Å². The molecule has 0 aliphatic carbocycles. The number of benzene rings is 2. The zero-order valence-electron chi connectivity index (χ0n) is 13.8. The summed E-state index contributed by atoms with van der Waals surface area (Å²) in [5, 5.41) is 0. The van der Waals surface area contributed by atoms with Crippen LogP contribution < -0.4 is 9.47 Å². The smallest absolute Gasteiger partial charge is 0.315 e. The highest BCUT2D eigenvalue weighted by Crippen LogP contribution is 2.46. The van der Waals surface area contributed by atoms with Crippen molar-refractivity contribution in [2.75, 3.05) is 18.6 Å². The lowest BCUT2D eigenvalue weighted by Crippen LogP contribution is -2.12. The molecular formula is C19H20O3S2. The van der Waals surface area contributed by atoms with E-state index in [1.165, 1.54) is 17.1 Å². The number of ether oxygens (including phenoxy) is 2. The largest absolute Gasteiger partial charge is 0.493 e. The van der Waals surface area contributed by atoms with E-state index >= 15 is 0 Å². The number of hydrogen-bond donors (Lipinski definition) is 0. The van der Waals surface area contributed by atoms with Gasteiger partial charge < -0.3 is 9.47 Å². The van der Waals surface area contributed by atoms with Crippen LogP contribution in [0.2, 0.25) is 0 Å². The SMILES string of the molecule is COc1cc(C2SCCS2)ccc1OC(=O)Cc1ccccc1C. The third-order valence-electron chi connectivity index (χ3n) is 3.90. The summed E-state index contributed by atoms with van der Waals surface area (Å²) in [5.74, 6) is 3.15. The summed E-state index contributed by atoms with van der Waals surface area (Å²) in [4.78, 5) is 12.3. The minimum atomic E-state index is -0.278. The molecule has 1 heterocycles. The molecule has 0 saturated carbocycles. The maximum absolute atomic E-state index is 12.3. The number of aryl methyl sites for hydroxylation is 1. The van der Waals surface area contributed by atoms with Gasteiger partial charge in [0, 0.05) is 11.5 Å². The average molecular weight is 361 g/mol. The molecule has 1 fully saturated rings. The highest BCUT2D eigenvalue weighted by atomic mass is 32.2. The maximum atomic E-state index is 12.3. The van der Waals surface area contributed by atoms with Gasteiger partial charge in [-0.2, -0.15) is 0 Å². The van der Waals surface area contributed by atoms with Crippen LogP contribution in [0, 0.1) is 6.92 Å². The Hall–Kier alpha value is -1.59. The summed E-state index contributed by atoms with van der Waals surface area (Å²) in [7, 11) is 1.60. The second-order valence-electron chi connectivity index (χ2n) is 5.56. The fraction of sp³-hybridized carbons (Fsp3) is 0.316. The van der Waals surface area contributed by atoms with Gasteiger partial charge in [0.25, 0.3) is 0 Å². The van der Waals surface area contributed by atoms with Crippen molar-refractivity contribution >= 4 is 29.5 Å². The van der Waals surface area contributed by atoms with E-state index in [4.69, 9.17) is 9.47 Å². The van der Waals surface area contributed by atoms with Crippen molar-refractivity contribution in [3.8, 4) is 11.5 Å². The second kappa shape index (κ2) is 7.99. The van der Waals surface area contributed by atoms with Crippen molar-refractivity contribution in [2.45, 2.75) is 17.9 Å². The van der Waals surface area contributed by atoms with Crippen LogP contribution in [-0.2, 0) is 11.2 Å². The Morgan fingerprint density at radius 3 is 2.58 bits per heavy atom. The number of methoxy groups -OCH3 is 1. The predicted octanol–water partition coefficient (Wildman–Crippen LogP) is 4.63. The standard InChI is InChI=1S/C19H20O3S2/c1-13-5-3-4-6-14(13)12-18(20)22-16-8-7-15(11-17(16)21-2)19-23-9-10-24-19/h3-8,11,19H,9-10,12H2,1-2H3. The van der Waals surface area contributed by atoms with Gasteiger partial charge in [0.1, 0.15) is 0 Å². The number of carbonyl (C=O) groups is 1. The molecule has 1 aliphatic rings. The number of hydrogen-bond acceptors (Lipinski definition) is 5. The lowest BCUT2D eigenvalue weighted by atomic mass is 10.1. The Labute approximate surface area is 151 Å². The molecule has 0 spiro atoms. The predicted molar refractivity (Wildman–Crippen MR) is 101 cm³/mol. The third-order valence-corrected chi connectivity index (χ3v) is 7.01. The summed E-state index contributed by atoms with van der Waals surface area (Å²) in [6.45, 7) is 1.99. The van der Waals surface area contributed by atoms with E-state index in [1.807, 2.05) is 72.9 Å². The zero-order valence-corrected chi connectivity index (χ0v) is 15.4. The first kappa shape index (κ1) is 17.2. The van der Waals surface area contributed by atoms with E-state index in [0.717, 1.165) is 11.1 Å². The van der Waals surface area contributed by atoms with Crippen LogP contribution in [0.5, 0.6) is 11.5 Å². The fourth-order valence-electron chi connectivity index (χ4n) is 2.59. The highest BCUT2D eigenvalue weighted by Gasteiger charge is 2.20. The molecule has 1 saturated heterocycles. The molecule has 126 valence electrons. The Morgan fingerprint density at radius 1 is 1.12 bits per heavy atom. The van der Waals surface area contributed by atoms with E-state index in [9.17, 15) is 4.79 Å². The van der Waals surface area contributed by atoms with Gasteiger partial charge in [-0.15, -0.1) is 23.5 Å². The molecule has 0 N–H and O–H groups in total. The molecule has 0 amide bonds. The number of rotatable bonds is 5. The van der Waals surface area contributed by atoms with Gasteiger partial charge in [-0.3, -0.25) is 4.79 Å². The summed E-state index contributed by atoms with van der Waals surface area (Å²) in [5.41, 5.74) is 3.28. The Kier molecular flexibility index (Phi) is 5.74. The minimum Gasteiger partial charge on any atom is -0.493 e. The quantitative estimate of drug-likeness (QED) is 0.574. The second-order valence-corrected chi connectivity index (χ2v) is 8.29. The molecule has 1 aliphatic heterocycles. The molecule has 0 bridgehead atoms. The number of thioether (sulfide) groups is 2. The van der Waals surface area contributed by atoms with Crippen LogP contribution in [0.25, 0.3) is 0 Å². The van der Waals surface area contributed by atoms with Crippen molar-refractivity contribution < 1.29 is 14.3 Å². The van der Waals surface area contributed by atoms with Gasteiger partial charge in [-0.1, -0.05) is 30.3 Å². The van der Waals surface area contributed by atoms with E-state index < -0.39 is 0 Å². The van der Waals surface area contributed by atoms with E-state index in [-0.39, 0.29) is 12.4 Å². The molecule has 2 aromatic rings. The molecule has 3 nitrogen and oxygen atoms in total. The van der Waals surface area contributed by atoms with Crippen LogP contribution >= 0.6 is 23.5 Å². The fourth-order valence-corrected chi connectivity index (χ4v) is 5.43. The summed E-state index contributed by atoms with van der Waals surface area (Å²) in [6.07, 6.45) is 0.256. The van der Waals surface area contributed by atoms with Crippen LogP contribution in [0.3, 0.4) is 0 Å². The van der Waals surface area contributed by atoms with Gasteiger partial charge >= 0.3 is 5.97 Å². The van der Waals surface area contributed by atoms with Crippen molar-refractivity contribution in [3.05, 3.63) is 59.2 Å². The molecule has 5 heteroatoms. The number of carbonyl (C=O) groups excluding carboxylic acids is 1. The first-order valence-electron chi connectivity index (χ1n) is 7.83. The first-order chi connectivity index (χ1) is 11.7. The van der Waals surface area contributed by atoms with Crippen LogP contribution in [-0.4, -0.2) is 24.6 Å². The molecule has 0 atom stereocenters. The molecular weight excluding hydrogens is 340 g/mol. The van der Waals surface area contributed by atoms with Crippen molar-refractivity contribution in [3.63, 3.8) is 0 Å². The molecule has 3 rings (SSSR count). The molecule has 24 heavy (non-hydrogen) atoms. The van der Waals surface area contributed by atoms with Crippen molar-refractivity contribution in [1.82, 2.24) is 0 Å². The Morgan fingerprint density at radius 2 is 1.88 bits per heavy atom. The van der Waals surface area contributed by atoms with Crippen molar-refractivity contribution in [2.24, 2.45) is 0 Å². The van der Waals surface area contributed by atoms with E-state index in [1.54, 1.807) is 7.11 Å². The van der Waals surface area contributed by atoms with Crippen molar-refractivity contribution in [1.29, 1.82) is 0 Å².